The van der Waals surface area contributed by atoms with Crippen LogP contribution in [0.2, 0.25) is 5.02 Å². The molecule has 1 atom stereocenters. The number of carbonyl (C=O) groups is 2. The smallest absolute Gasteiger partial charge is 0.283 e. The van der Waals surface area contributed by atoms with Crippen LogP contribution in [0.3, 0.4) is 0 Å². The fraction of sp³-hybridized carbons (Fsp3) is 0.375. The maximum Gasteiger partial charge on any atom is 0.283 e. The second-order valence-electron chi connectivity index (χ2n) is 5.75. The highest BCUT2D eigenvalue weighted by Crippen LogP contribution is 2.36. The Balaban J connectivity index is 1.95. The summed E-state index contributed by atoms with van der Waals surface area (Å²) in [6, 6.07) is 6.77. The monoisotopic (exact) mass is 338 g/mol. The van der Waals surface area contributed by atoms with Crippen LogP contribution >= 0.6 is 23.2 Å². The summed E-state index contributed by atoms with van der Waals surface area (Å²) in [7, 11) is 0. The summed E-state index contributed by atoms with van der Waals surface area (Å²) in [5, 5.41) is 0.334. The van der Waals surface area contributed by atoms with E-state index in [1.807, 2.05) is 4.90 Å². The average Bonchev–Trinajstić information content (AvgIpc) is 2.70. The SMILES string of the molecule is CC1CCCN(C2=C(Cl)C(=O)N(c3ccccc3Cl)C2=O)C1. The van der Waals surface area contributed by atoms with Gasteiger partial charge in [-0.2, -0.15) is 0 Å². The molecule has 116 valence electrons. The van der Waals surface area contributed by atoms with E-state index < -0.39 is 11.8 Å². The fourth-order valence-electron chi connectivity index (χ4n) is 3.01. The molecule has 1 saturated heterocycles. The summed E-state index contributed by atoms with van der Waals surface area (Å²) in [6.45, 7) is 3.61. The molecule has 2 aliphatic heterocycles. The second kappa shape index (κ2) is 5.94. The lowest BCUT2D eigenvalue weighted by Gasteiger charge is -2.33. The normalized spacial score (nSPS) is 22.8. The molecule has 0 N–H and O–H groups in total. The molecule has 2 aliphatic rings. The summed E-state index contributed by atoms with van der Waals surface area (Å²) in [4.78, 5) is 28.2. The van der Waals surface area contributed by atoms with Gasteiger partial charge in [0.1, 0.15) is 10.7 Å². The predicted molar refractivity (Wildman–Crippen MR) is 86.8 cm³/mol. The van der Waals surface area contributed by atoms with E-state index in [-0.39, 0.29) is 5.03 Å². The number of rotatable bonds is 2. The molecule has 0 bridgehead atoms. The third-order valence-electron chi connectivity index (χ3n) is 4.07. The molecule has 6 heteroatoms. The highest BCUT2D eigenvalue weighted by molar-refractivity contribution is 6.53. The van der Waals surface area contributed by atoms with Crippen LogP contribution in [0.5, 0.6) is 0 Å². The molecule has 22 heavy (non-hydrogen) atoms. The first kappa shape index (κ1) is 15.4. The summed E-state index contributed by atoms with van der Waals surface area (Å²) < 4.78 is 0. The Morgan fingerprint density at radius 2 is 1.86 bits per heavy atom. The zero-order chi connectivity index (χ0) is 15.9. The summed E-state index contributed by atoms with van der Waals surface area (Å²) in [5.74, 6) is -0.423. The van der Waals surface area contributed by atoms with E-state index in [2.05, 4.69) is 6.92 Å². The lowest BCUT2D eigenvalue weighted by molar-refractivity contribution is -0.121. The number of nitrogens with zero attached hydrogens (tertiary/aromatic N) is 2. The molecule has 0 aliphatic carbocycles. The van der Waals surface area contributed by atoms with Gasteiger partial charge in [0, 0.05) is 13.1 Å². The van der Waals surface area contributed by atoms with Gasteiger partial charge >= 0.3 is 0 Å². The number of piperidine rings is 1. The second-order valence-corrected chi connectivity index (χ2v) is 6.54. The number of hydrogen-bond acceptors (Lipinski definition) is 3. The lowest BCUT2D eigenvalue weighted by atomic mass is 10.00. The molecule has 4 nitrogen and oxygen atoms in total. The number of amides is 2. The number of para-hydroxylation sites is 1. The van der Waals surface area contributed by atoms with Crippen molar-refractivity contribution in [3.8, 4) is 0 Å². The van der Waals surface area contributed by atoms with Gasteiger partial charge in [0.25, 0.3) is 11.8 Å². The molecular weight excluding hydrogens is 323 g/mol. The minimum Gasteiger partial charge on any atom is -0.365 e. The predicted octanol–water partition coefficient (Wildman–Crippen LogP) is 3.40. The quantitative estimate of drug-likeness (QED) is 0.776. The Bertz CT molecular complexity index is 672. The highest BCUT2D eigenvalue weighted by Gasteiger charge is 2.42. The number of likely N-dealkylation sites (tertiary alicyclic amines) is 1. The Morgan fingerprint density at radius 3 is 2.55 bits per heavy atom. The Labute approximate surface area is 139 Å². The van der Waals surface area contributed by atoms with Crippen molar-refractivity contribution < 1.29 is 9.59 Å². The van der Waals surface area contributed by atoms with Crippen LogP contribution in [0.25, 0.3) is 0 Å². The molecule has 1 aromatic carbocycles. The maximum absolute atomic E-state index is 12.7. The summed E-state index contributed by atoms with van der Waals surface area (Å²) >= 11 is 12.3. The van der Waals surface area contributed by atoms with Gasteiger partial charge in [0.15, 0.2) is 0 Å². The first-order chi connectivity index (χ1) is 10.5. The van der Waals surface area contributed by atoms with Crippen molar-refractivity contribution in [1.29, 1.82) is 0 Å². The van der Waals surface area contributed by atoms with Crippen molar-refractivity contribution in [2.75, 3.05) is 18.0 Å². The maximum atomic E-state index is 12.7. The van der Waals surface area contributed by atoms with E-state index in [0.29, 0.717) is 22.3 Å². The van der Waals surface area contributed by atoms with Gasteiger partial charge in [-0.1, -0.05) is 42.3 Å². The first-order valence-electron chi connectivity index (χ1n) is 7.28. The Kier molecular flexibility index (Phi) is 4.15. The zero-order valence-electron chi connectivity index (χ0n) is 12.2. The van der Waals surface area contributed by atoms with Crippen LogP contribution in [0.1, 0.15) is 19.8 Å². The van der Waals surface area contributed by atoms with Crippen molar-refractivity contribution in [2.45, 2.75) is 19.8 Å². The minimum absolute atomic E-state index is 0.0148. The number of imide groups is 1. The number of hydrogen-bond donors (Lipinski definition) is 0. The molecule has 0 spiro atoms. The Morgan fingerprint density at radius 1 is 1.14 bits per heavy atom. The van der Waals surface area contributed by atoms with E-state index in [0.717, 1.165) is 30.8 Å². The van der Waals surface area contributed by atoms with Gasteiger partial charge in [-0.3, -0.25) is 9.59 Å². The molecule has 0 saturated carbocycles. The molecule has 1 fully saturated rings. The van der Waals surface area contributed by atoms with Crippen molar-refractivity contribution in [2.24, 2.45) is 5.92 Å². The van der Waals surface area contributed by atoms with Gasteiger partial charge in [0.2, 0.25) is 0 Å². The lowest BCUT2D eigenvalue weighted by Crippen LogP contribution is -2.39. The molecule has 3 rings (SSSR count). The van der Waals surface area contributed by atoms with E-state index in [1.165, 1.54) is 0 Å². The van der Waals surface area contributed by atoms with Crippen LogP contribution in [0, 0.1) is 5.92 Å². The number of anilines is 1. The van der Waals surface area contributed by atoms with E-state index in [9.17, 15) is 9.59 Å². The first-order valence-corrected chi connectivity index (χ1v) is 8.04. The zero-order valence-corrected chi connectivity index (χ0v) is 13.7. The van der Waals surface area contributed by atoms with Crippen LogP contribution in [0.15, 0.2) is 35.0 Å². The van der Waals surface area contributed by atoms with Crippen LogP contribution in [0.4, 0.5) is 5.69 Å². The summed E-state index contributed by atoms with van der Waals surface area (Å²) in [6.07, 6.45) is 2.11. The van der Waals surface area contributed by atoms with Crippen LogP contribution in [-0.2, 0) is 9.59 Å². The molecule has 1 aromatic rings. The molecule has 0 aromatic heterocycles. The van der Waals surface area contributed by atoms with Gasteiger partial charge in [-0.05, 0) is 30.9 Å². The van der Waals surface area contributed by atoms with Gasteiger partial charge in [-0.15, -0.1) is 0 Å². The minimum atomic E-state index is -0.506. The van der Waals surface area contributed by atoms with Crippen molar-refractivity contribution in [3.05, 3.63) is 40.0 Å². The third-order valence-corrected chi connectivity index (χ3v) is 4.73. The molecule has 2 amide bonds. The van der Waals surface area contributed by atoms with Gasteiger partial charge in [0.05, 0.1) is 10.7 Å². The van der Waals surface area contributed by atoms with Gasteiger partial charge < -0.3 is 4.90 Å². The Hall–Kier alpha value is -1.52. The van der Waals surface area contributed by atoms with E-state index in [1.54, 1.807) is 24.3 Å². The molecule has 0 radical (unpaired) electrons. The fourth-order valence-corrected chi connectivity index (χ4v) is 3.52. The summed E-state index contributed by atoms with van der Waals surface area (Å²) in [5.41, 5.74) is 0.676. The van der Waals surface area contributed by atoms with Crippen LogP contribution in [-0.4, -0.2) is 29.8 Å². The van der Waals surface area contributed by atoms with Crippen molar-refractivity contribution in [1.82, 2.24) is 4.90 Å². The standard InChI is InChI=1S/C16H16Cl2N2O2/c1-10-5-4-8-19(9-10)14-13(18)15(21)20(16(14)22)12-7-3-2-6-11(12)17/h2-3,6-7,10H,4-5,8-9H2,1H3. The van der Waals surface area contributed by atoms with E-state index >= 15 is 0 Å². The number of carbonyl (C=O) groups excluding carboxylic acids is 2. The number of halogens is 2. The molecule has 2 heterocycles. The molecular formula is C16H16Cl2N2O2. The van der Waals surface area contributed by atoms with Crippen molar-refractivity contribution >= 4 is 40.7 Å². The number of benzene rings is 1. The van der Waals surface area contributed by atoms with Gasteiger partial charge in [-0.25, -0.2) is 4.90 Å². The highest BCUT2D eigenvalue weighted by atomic mass is 35.5. The topological polar surface area (TPSA) is 40.6 Å². The third kappa shape index (κ3) is 2.50. The average molecular weight is 339 g/mol. The van der Waals surface area contributed by atoms with E-state index in [4.69, 9.17) is 23.2 Å². The van der Waals surface area contributed by atoms with Crippen molar-refractivity contribution in [3.63, 3.8) is 0 Å². The molecule has 1 unspecified atom stereocenters. The largest absolute Gasteiger partial charge is 0.365 e. The van der Waals surface area contributed by atoms with Crippen LogP contribution < -0.4 is 4.90 Å².